The number of hydrogen-bond acceptors (Lipinski definition) is 5. The molecule has 0 saturated heterocycles. The fourth-order valence-electron chi connectivity index (χ4n) is 4.61. The number of benzene rings is 1. The number of halogens is 3. The lowest BCUT2D eigenvalue weighted by Crippen LogP contribution is -2.56. The van der Waals surface area contributed by atoms with E-state index in [1.807, 2.05) is 0 Å². The molecule has 0 unspecified atom stereocenters. The molecule has 3 aliphatic rings. The summed E-state index contributed by atoms with van der Waals surface area (Å²) in [7, 11) is 1.43. The van der Waals surface area contributed by atoms with Gasteiger partial charge < -0.3 is 19.9 Å². The number of ether oxygens (including phenoxy) is 3. The molecule has 166 valence electrons. The molecule has 2 bridgehead atoms. The number of fused-ring (bicyclic) bond motifs is 2. The Morgan fingerprint density at radius 3 is 2.20 bits per heavy atom. The SMILES string of the molecule is COc1ccc(OC(F)(F)F)c(C2=C(C)C3(C(=O)OC(C)(C)C)CCC2(N)CC3)c1. The zero-order chi connectivity index (χ0) is 22.5. The van der Waals surface area contributed by atoms with Crippen molar-refractivity contribution in [2.45, 2.75) is 70.9 Å². The van der Waals surface area contributed by atoms with Gasteiger partial charge in [-0.3, -0.25) is 4.79 Å². The van der Waals surface area contributed by atoms with Crippen molar-refractivity contribution in [1.29, 1.82) is 0 Å². The molecule has 3 aliphatic carbocycles. The quantitative estimate of drug-likeness (QED) is 0.686. The molecule has 0 atom stereocenters. The molecule has 0 aliphatic heterocycles. The van der Waals surface area contributed by atoms with E-state index in [9.17, 15) is 18.0 Å². The number of nitrogens with two attached hydrogens (primary N) is 1. The molecule has 0 aromatic heterocycles. The van der Waals surface area contributed by atoms with Crippen LogP contribution in [0.2, 0.25) is 0 Å². The molecule has 0 heterocycles. The van der Waals surface area contributed by atoms with Gasteiger partial charge in [-0.05, 0) is 77.2 Å². The first-order chi connectivity index (χ1) is 13.7. The Morgan fingerprint density at radius 2 is 1.70 bits per heavy atom. The van der Waals surface area contributed by atoms with E-state index < -0.39 is 22.9 Å². The summed E-state index contributed by atoms with van der Waals surface area (Å²) in [6.45, 7) is 7.13. The standard InChI is InChI=1S/C22H28F3NO4/c1-13-17(15-12-14(28-5)6-7-16(15)29-22(23,24)25)21(26)10-8-20(13,9-11-21)18(27)30-19(2,3)4/h6-7,12H,8-11,26H2,1-5H3. The summed E-state index contributed by atoms with van der Waals surface area (Å²) in [4.78, 5) is 13.2. The highest BCUT2D eigenvalue weighted by molar-refractivity contribution is 5.91. The Balaban J connectivity index is 2.20. The summed E-state index contributed by atoms with van der Waals surface area (Å²) in [5, 5.41) is 0. The fourth-order valence-corrected chi connectivity index (χ4v) is 4.61. The van der Waals surface area contributed by atoms with Crippen molar-refractivity contribution in [3.05, 3.63) is 29.3 Å². The van der Waals surface area contributed by atoms with Crippen LogP contribution in [0.3, 0.4) is 0 Å². The molecule has 2 N–H and O–H groups in total. The van der Waals surface area contributed by atoms with Crippen LogP contribution in [0.5, 0.6) is 11.5 Å². The van der Waals surface area contributed by atoms with E-state index in [2.05, 4.69) is 4.74 Å². The Bertz CT molecular complexity index is 875. The van der Waals surface area contributed by atoms with E-state index in [0.29, 0.717) is 42.6 Å². The molecule has 4 rings (SSSR count). The lowest BCUT2D eigenvalue weighted by molar-refractivity contribution is -0.274. The highest BCUT2D eigenvalue weighted by atomic mass is 19.4. The molecule has 0 spiro atoms. The number of alkyl halides is 3. The predicted molar refractivity (Wildman–Crippen MR) is 106 cm³/mol. The Hall–Kier alpha value is -2.22. The molecule has 1 aromatic carbocycles. The van der Waals surface area contributed by atoms with E-state index >= 15 is 0 Å². The molecule has 1 saturated carbocycles. The van der Waals surface area contributed by atoms with E-state index in [1.54, 1.807) is 27.7 Å². The summed E-state index contributed by atoms with van der Waals surface area (Å²) >= 11 is 0. The third-order valence-corrected chi connectivity index (χ3v) is 6.06. The van der Waals surface area contributed by atoms with Crippen molar-refractivity contribution >= 4 is 11.5 Å². The van der Waals surface area contributed by atoms with Gasteiger partial charge >= 0.3 is 12.3 Å². The highest BCUT2D eigenvalue weighted by Crippen LogP contribution is 2.59. The number of carbonyl (C=O) groups excluding carboxylic acids is 1. The molecule has 0 radical (unpaired) electrons. The van der Waals surface area contributed by atoms with Crippen molar-refractivity contribution in [3.63, 3.8) is 0 Å². The summed E-state index contributed by atoms with van der Waals surface area (Å²) in [5.41, 5.74) is 5.57. The first-order valence-electron chi connectivity index (χ1n) is 9.89. The minimum absolute atomic E-state index is 0.194. The average molecular weight is 427 g/mol. The van der Waals surface area contributed by atoms with Gasteiger partial charge in [-0.15, -0.1) is 13.2 Å². The summed E-state index contributed by atoms with van der Waals surface area (Å²) in [5.74, 6) is -0.363. The van der Waals surface area contributed by atoms with Crippen LogP contribution in [-0.2, 0) is 9.53 Å². The first kappa shape index (κ1) is 22.5. The Kier molecular flexibility index (Phi) is 5.38. The van der Waals surface area contributed by atoms with Crippen LogP contribution in [0.1, 0.15) is 58.9 Å². The minimum atomic E-state index is -4.86. The summed E-state index contributed by atoms with van der Waals surface area (Å²) in [6.07, 6.45) is -2.96. The Labute approximate surface area is 174 Å². The van der Waals surface area contributed by atoms with Gasteiger partial charge in [0.1, 0.15) is 17.1 Å². The normalized spacial score (nSPS) is 26.6. The second-order valence-electron chi connectivity index (χ2n) is 9.15. The van der Waals surface area contributed by atoms with E-state index in [4.69, 9.17) is 15.2 Å². The molecule has 1 aromatic rings. The van der Waals surface area contributed by atoms with Crippen molar-refractivity contribution in [2.75, 3.05) is 7.11 Å². The van der Waals surface area contributed by atoms with Gasteiger partial charge in [-0.2, -0.15) is 0 Å². The maximum Gasteiger partial charge on any atom is 0.573 e. The molecule has 5 nitrogen and oxygen atoms in total. The number of methoxy groups -OCH3 is 1. The average Bonchev–Trinajstić information content (AvgIpc) is 2.60. The van der Waals surface area contributed by atoms with Gasteiger partial charge in [0.15, 0.2) is 0 Å². The van der Waals surface area contributed by atoms with E-state index in [-0.39, 0.29) is 17.3 Å². The third-order valence-electron chi connectivity index (χ3n) is 6.06. The smallest absolute Gasteiger partial charge is 0.497 e. The number of esters is 1. The molecular weight excluding hydrogens is 399 g/mol. The van der Waals surface area contributed by atoms with Crippen molar-refractivity contribution in [3.8, 4) is 11.5 Å². The molecule has 1 fully saturated rings. The third kappa shape index (κ3) is 4.02. The van der Waals surface area contributed by atoms with Crippen molar-refractivity contribution in [1.82, 2.24) is 0 Å². The fraction of sp³-hybridized carbons (Fsp3) is 0.591. The largest absolute Gasteiger partial charge is 0.573 e. The number of hydrogen-bond donors (Lipinski definition) is 1. The van der Waals surface area contributed by atoms with Crippen molar-refractivity contribution in [2.24, 2.45) is 11.1 Å². The molecule has 0 amide bonds. The van der Waals surface area contributed by atoms with Gasteiger partial charge in [0.05, 0.1) is 12.5 Å². The van der Waals surface area contributed by atoms with Crippen LogP contribution >= 0.6 is 0 Å². The van der Waals surface area contributed by atoms with Gasteiger partial charge in [-0.25, -0.2) is 0 Å². The van der Waals surface area contributed by atoms with E-state index in [1.165, 1.54) is 25.3 Å². The van der Waals surface area contributed by atoms with Gasteiger partial charge in [0.2, 0.25) is 0 Å². The molecule has 30 heavy (non-hydrogen) atoms. The summed E-state index contributed by atoms with van der Waals surface area (Å²) < 4.78 is 54.4. The number of rotatable bonds is 4. The van der Waals surface area contributed by atoms with Crippen LogP contribution in [-0.4, -0.2) is 30.6 Å². The first-order valence-corrected chi connectivity index (χ1v) is 9.89. The predicted octanol–water partition coefficient (Wildman–Crippen LogP) is 4.98. The van der Waals surface area contributed by atoms with Crippen LogP contribution in [0.4, 0.5) is 13.2 Å². The Morgan fingerprint density at radius 1 is 1.10 bits per heavy atom. The maximum atomic E-state index is 13.2. The van der Waals surface area contributed by atoms with Crippen LogP contribution in [0, 0.1) is 5.41 Å². The maximum absolute atomic E-state index is 13.2. The minimum Gasteiger partial charge on any atom is -0.497 e. The topological polar surface area (TPSA) is 70.8 Å². The second kappa shape index (κ2) is 7.18. The van der Waals surface area contributed by atoms with Crippen LogP contribution < -0.4 is 15.2 Å². The second-order valence-corrected chi connectivity index (χ2v) is 9.15. The number of carbonyl (C=O) groups is 1. The molecular formula is C22H28F3NO4. The van der Waals surface area contributed by atoms with Gasteiger partial charge in [-0.1, -0.05) is 5.57 Å². The van der Waals surface area contributed by atoms with Crippen LogP contribution in [0.15, 0.2) is 23.8 Å². The van der Waals surface area contributed by atoms with Crippen molar-refractivity contribution < 1.29 is 32.2 Å². The zero-order valence-corrected chi connectivity index (χ0v) is 17.9. The lowest BCUT2D eigenvalue weighted by atomic mass is 9.54. The van der Waals surface area contributed by atoms with Gasteiger partial charge in [0.25, 0.3) is 0 Å². The van der Waals surface area contributed by atoms with Crippen LogP contribution in [0.25, 0.3) is 5.57 Å². The molecule has 8 heteroatoms. The monoisotopic (exact) mass is 427 g/mol. The highest BCUT2D eigenvalue weighted by Gasteiger charge is 2.56. The van der Waals surface area contributed by atoms with E-state index in [0.717, 1.165) is 0 Å². The lowest BCUT2D eigenvalue weighted by Gasteiger charge is -2.52. The van der Waals surface area contributed by atoms with Gasteiger partial charge in [0, 0.05) is 11.1 Å². The zero-order valence-electron chi connectivity index (χ0n) is 17.9. The summed E-state index contributed by atoms with van der Waals surface area (Å²) in [6, 6.07) is 4.10.